The van der Waals surface area contributed by atoms with E-state index in [1.54, 1.807) is 18.2 Å². The van der Waals surface area contributed by atoms with Gasteiger partial charge >= 0.3 is 13.1 Å². The first-order valence-corrected chi connectivity index (χ1v) is 10.4. The van der Waals surface area contributed by atoms with Crippen molar-refractivity contribution in [2.75, 3.05) is 21.0 Å². The number of rotatable bonds is 6. The van der Waals surface area contributed by atoms with Crippen molar-refractivity contribution in [1.29, 1.82) is 0 Å². The average molecular weight is 442 g/mol. The number of ether oxygens (including phenoxy) is 3. The second-order valence-electron chi connectivity index (χ2n) is 8.55. The lowest BCUT2D eigenvalue weighted by molar-refractivity contribution is -0.140. The van der Waals surface area contributed by atoms with E-state index in [2.05, 4.69) is 16.6 Å². The van der Waals surface area contributed by atoms with Gasteiger partial charge in [-0.1, -0.05) is 17.9 Å². The van der Waals surface area contributed by atoms with Gasteiger partial charge in [-0.25, -0.2) is 4.39 Å². The molecule has 1 aliphatic rings. The van der Waals surface area contributed by atoms with E-state index < -0.39 is 24.1 Å². The van der Waals surface area contributed by atoms with Crippen molar-refractivity contribution < 1.29 is 32.7 Å². The van der Waals surface area contributed by atoms with E-state index in [9.17, 15) is 9.18 Å². The fourth-order valence-electron chi connectivity index (χ4n) is 3.35. The molecule has 0 aromatic heterocycles. The van der Waals surface area contributed by atoms with E-state index in [1.165, 1.54) is 20.3 Å². The number of esters is 1. The van der Waals surface area contributed by atoms with Crippen molar-refractivity contribution in [3.63, 3.8) is 0 Å². The fourth-order valence-corrected chi connectivity index (χ4v) is 3.35. The molecule has 0 atom stereocenters. The van der Waals surface area contributed by atoms with E-state index in [0.717, 1.165) is 5.39 Å². The maximum absolute atomic E-state index is 14.9. The van der Waals surface area contributed by atoms with Crippen molar-refractivity contribution >= 4 is 29.3 Å². The molecule has 2 aromatic rings. The molecule has 0 radical (unpaired) electrons. The lowest BCUT2D eigenvalue weighted by Crippen LogP contribution is -2.41. The molecule has 32 heavy (non-hydrogen) atoms. The van der Waals surface area contributed by atoms with Gasteiger partial charge in [0.05, 0.1) is 30.3 Å². The van der Waals surface area contributed by atoms with Crippen LogP contribution in [0.3, 0.4) is 0 Å². The smallest absolute Gasteiger partial charge is 0.469 e. The summed E-state index contributed by atoms with van der Waals surface area (Å²) >= 11 is 0. The van der Waals surface area contributed by atoms with Crippen LogP contribution in [0.4, 0.5) is 4.39 Å². The van der Waals surface area contributed by atoms with E-state index in [4.69, 9.17) is 18.8 Å². The van der Waals surface area contributed by atoms with Gasteiger partial charge in [-0.2, -0.15) is 0 Å². The van der Waals surface area contributed by atoms with Gasteiger partial charge in [-0.15, -0.1) is 0 Å². The highest BCUT2D eigenvalue weighted by Gasteiger charge is 2.52. The average Bonchev–Trinajstić information content (AvgIpc) is 2.96. The van der Waals surface area contributed by atoms with Crippen LogP contribution >= 0.6 is 0 Å². The Balaban J connectivity index is 2.13. The van der Waals surface area contributed by atoms with Crippen molar-refractivity contribution in [2.45, 2.75) is 51.7 Å². The minimum Gasteiger partial charge on any atom is -0.469 e. The van der Waals surface area contributed by atoms with Gasteiger partial charge in [0.2, 0.25) is 0 Å². The number of carbonyl (C=O) groups is 1. The van der Waals surface area contributed by atoms with Crippen LogP contribution in [-0.2, 0) is 23.6 Å². The Kier molecular flexibility index (Phi) is 7.14. The standard InChI is InChI=1S/C24H28BFO6/c1-23(2)24(3,4)32-25(31-23)19-14-17(30-15-28-5)13-16-11-12-20(26)18(22(16)19)9-7-8-10-21(27)29-6/h11-14H,8,10,15H2,1-6H3. The number of methoxy groups -OCH3 is 2. The van der Waals surface area contributed by atoms with Crippen LogP contribution in [0.1, 0.15) is 46.1 Å². The molecular formula is C24H28BFO6. The summed E-state index contributed by atoms with van der Waals surface area (Å²) in [6.07, 6.45) is 0.387. The second kappa shape index (κ2) is 9.49. The molecule has 6 nitrogen and oxygen atoms in total. The number of carbonyl (C=O) groups excluding carboxylic acids is 1. The summed E-state index contributed by atoms with van der Waals surface area (Å²) in [5, 5.41) is 1.31. The first kappa shape index (κ1) is 24.1. The molecule has 3 rings (SSSR count). The Morgan fingerprint density at radius 2 is 1.81 bits per heavy atom. The van der Waals surface area contributed by atoms with Crippen molar-refractivity contribution in [3.05, 3.63) is 35.6 Å². The molecule has 0 spiro atoms. The molecule has 1 fully saturated rings. The van der Waals surface area contributed by atoms with Crippen LogP contribution in [-0.4, -0.2) is 45.3 Å². The molecule has 1 aliphatic heterocycles. The van der Waals surface area contributed by atoms with Crippen molar-refractivity contribution in [2.24, 2.45) is 0 Å². The summed E-state index contributed by atoms with van der Waals surface area (Å²) in [4.78, 5) is 11.4. The Bertz CT molecular complexity index is 1050. The molecule has 0 N–H and O–H groups in total. The third kappa shape index (κ3) is 4.91. The van der Waals surface area contributed by atoms with Gasteiger partial charge in [0, 0.05) is 18.9 Å². The van der Waals surface area contributed by atoms with Crippen molar-refractivity contribution in [1.82, 2.24) is 0 Å². The largest absolute Gasteiger partial charge is 0.495 e. The third-order valence-electron chi connectivity index (χ3n) is 5.82. The zero-order valence-electron chi connectivity index (χ0n) is 19.3. The molecule has 0 aliphatic carbocycles. The molecule has 0 amide bonds. The summed E-state index contributed by atoms with van der Waals surface area (Å²) in [6, 6.07) is 6.59. The second-order valence-corrected chi connectivity index (χ2v) is 8.55. The number of fused-ring (bicyclic) bond motifs is 1. The predicted octanol–water partition coefficient (Wildman–Crippen LogP) is 3.57. The maximum atomic E-state index is 14.9. The first-order chi connectivity index (χ1) is 15.1. The highest BCUT2D eigenvalue weighted by Crippen LogP contribution is 2.38. The molecule has 1 heterocycles. The first-order valence-electron chi connectivity index (χ1n) is 10.4. The SMILES string of the molecule is COCOc1cc(B2OC(C)(C)C(C)(C)O2)c2c(C#CCCC(=O)OC)c(F)ccc2c1. The van der Waals surface area contributed by atoms with Crippen LogP contribution in [0.5, 0.6) is 5.75 Å². The maximum Gasteiger partial charge on any atom is 0.495 e. The summed E-state index contributed by atoms with van der Waals surface area (Å²) in [7, 11) is 2.11. The summed E-state index contributed by atoms with van der Waals surface area (Å²) in [5.41, 5.74) is -0.320. The molecule has 2 aromatic carbocycles. The fraction of sp³-hybridized carbons (Fsp3) is 0.458. The molecule has 0 unspecified atom stereocenters. The quantitative estimate of drug-likeness (QED) is 0.295. The van der Waals surface area contributed by atoms with Gasteiger partial charge in [-0.05, 0) is 56.7 Å². The van der Waals surface area contributed by atoms with E-state index in [0.29, 0.717) is 16.6 Å². The molecule has 0 saturated carbocycles. The van der Waals surface area contributed by atoms with Crippen LogP contribution < -0.4 is 10.2 Å². The molecular weight excluding hydrogens is 414 g/mol. The van der Waals surface area contributed by atoms with Crippen LogP contribution in [0, 0.1) is 17.7 Å². The summed E-state index contributed by atoms with van der Waals surface area (Å²) in [5.74, 6) is 5.48. The van der Waals surface area contributed by atoms with Gasteiger partial charge in [0.15, 0.2) is 6.79 Å². The topological polar surface area (TPSA) is 63.2 Å². The molecule has 170 valence electrons. The minimum absolute atomic E-state index is 0.0652. The van der Waals surface area contributed by atoms with E-state index >= 15 is 0 Å². The predicted molar refractivity (Wildman–Crippen MR) is 120 cm³/mol. The molecule has 1 saturated heterocycles. The Morgan fingerprint density at radius 1 is 1.12 bits per heavy atom. The Hall–Kier alpha value is -2.60. The van der Waals surface area contributed by atoms with E-state index in [-0.39, 0.29) is 31.2 Å². The Morgan fingerprint density at radius 3 is 2.44 bits per heavy atom. The molecule has 8 heteroatoms. The Labute approximate surface area is 188 Å². The number of halogens is 1. The van der Waals surface area contributed by atoms with Crippen LogP contribution in [0.15, 0.2) is 24.3 Å². The van der Waals surface area contributed by atoms with Gasteiger partial charge in [0.1, 0.15) is 11.6 Å². The number of benzene rings is 2. The third-order valence-corrected chi connectivity index (χ3v) is 5.82. The lowest BCUT2D eigenvalue weighted by Gasteiger charge is -2.32. The van der Waals surface area contributed by atoms with Crippen LogP contribution in [0.2, 0.25) is 0 Å². The zero-order valence-corrected chi connectivity index (χ0v) is 19.3. The number of hydrogen-bond donors (Lipinski definition) is 0. The highest BCUT2D eigenvalue weighted by molar-refractivity contribution is 6.65. The minimum atomic E-state index is -0.744. The van der Waals surface area contributed by atoms with Crippen LogP contribution in [0.25, 0.3) is 10.8 Å². The van der Waals surface area contributed by atoms with Gasteiger partial charge < -0.3 is 23.5 Å². The summed E-state index contributed by atoms with van der Waals surface area (Å²) < 4.78 is 42.7. The highest BCUT2D eigenvalue weighted by atomic mass is 19.1. The van der Waals surface area contributed by atoms with Crippen molar-refractivity contribution in [3.8, 4) is 17.6 Å². The molecule has 0 bridgehead atoms. The monoisotopic (exact) mass is 442 g/mol. The number of hydrogen-bond acceptors (Lipinski definition) is 6. The van der Waals surface area contributed by atoms with Gasteiger partial charge in [-0.3, -0.25) is 4.79 Å². The van der Waals surface area contributed by atoms with Gasteiger partial charge in [0.25, 0.3) is 0 Å². The summed E-state index contributed by atoms with van der Waals surface area (Å²) in [6.45, 7) is 7.88. The van der Waals surface area contributed by atoms with E-state index in [1.807, 2.05) is 27.7 Å². The zero-order chi connectivity index (χ0) is 23.5. The normalized spacial score (nSPS) is 16.5. The lowest BCUT2D eigenvalue weighted by atomic mass is 9.74.